The quantitative estimate of drug-likeness (QED) is 0.546. The Morgan fingerprint density at radius 3 is 1.69 bits per heavy atom. The van der Waals surface area contributed by atoms with Crippen LogP contribution in [0.15, 0.2) is 72.8 Å². The first-order valence-electron chi connectivity index (χ1n) is 9.23. The SMILES string of the molecule is O=C(O)C(Cn1c2ccccc2c2ccccc21)N1C(=O)c2ccccc2C1=O. The van der Waals surface area contributed by atoms with Gasteiger partial charge in [-0.15, -0.1) is 0 Å². The Kier molecular flexibility index (Phi) is 3.74. The molecule has 29 heavy (non-hydrogen) atoms. The molecular formula is C23H16N2O4. The number of aliphatic carboxylic acids is 1. The molecule has 1 aliphatic heterocycles. The third-order valence-corrected chi connectivity index (χ3v) is 5.46. The van der Waals surface area contributed by atoms with Crippen molar-refractivity contribution < 1.29 is 19.5 Å². The fraction of sp³-hybridized carbons (Fsp3) is 0.0870. The Morgan fingerprint density at radius 1 is 0.759 bits per heavy atom. The second-order valence-electron chi connectivity index (χ2n) is 7.02. The summed E-state index contributed by atoms with van der Waals surface area (Å²) in [6.45, 7) is -0.0329. The van der Waals surface area contributed by atoms with Gasteiger partial charge in [0, 0.05) is 21.8 Å². The number of carboxylic acids is 1. The Morgan fingerprint density at radius 2 is 1.21 bits per heavy atom. The number of aromatic nitrogens is 1. The van der Waals surface area contributed by atoms with Crippen molar-refractivity contribution in [2.24, 2.45) is 0 Å². The average molecular weight is 384 g/mol. The van der Waals surface area contributed by atoms with Gasteiger partial charge in [-0.3, -0.25) is 14.5 Å². The predicted molar refractivity (Wildman–Crippen MR) is 108 cm³/mol. The lowest BCUT2D eigenvalue weighted by Crippen LogP contribution is -2.47. The summed E-state index contributed by atoms with van der Waals surface area (Å²) in [6, 6.07) is 20.5. The molecule has 4 aromatic rings. The molecule has 0 spiro atoms. The van der Waals surface area contributed by atoms with Gasteiger partial charge in [-0.1, -0.05) is 48.5 Å². The number of para-hydroxylation sites is 2. The van der Waals surface area contributed by atoms with Crippen LogP contribution < -0.4 is 0 Å². The molecule has 142 valence electrons. The first kappa shape index (κ1) is 17.2. The van der Waals surface area contributed by atoms with Gasteiger partial charge >= 0.3 is 5.97 Å². The zero-order valence-electron chi connectivity index (χ0n) is 15.3. The summed E-state index contributed by atoms with van der Waals surface area (Å²) in [5, 5.41) is 11.9. The van der Waals surface area contributed by atoms with E-state index >= 15 is 0 Å². The summed E-state index contributed by atoms with van der Waals surface area (Å²) in [6.07, 6.45) is 0. The van der Waals surface area contributed by atoms with Crippen LogP contribution in [0.4, 0.5) is 0 Å². The van der Waals surface area contributed by atoms with Crippen molar-refractivity contribution in [2.45, 2.75) is 12.6 Å². The summed E-state index contributed by atoms with van der Waals surface area (Å²) in [5.41, 5.74) is 2.20. The number of carbonyl (C=O) groups excluding carboxylic acids is 2. The monoisotopic (exact) mass is 384 g/mol. The first-order chi connectivity index (χ1) is 14.1. The van der Waals surface area contributed by atoms with Gasteiger partial charge in [0.1, 0.15) is 0 Å². The Labute approximate surface area is 165 Å². The summed E-state index contributed by atoms with van der Waals surface area (Å²) >= 11 is 0. The summed E-state index contributed by atoms with van der Waals surface area (Å²) < 4.78 is 1.87. The molecule has 6 heteroatoms. The van der Waals surface area contributed by atoms with Crippen molar-refractivity contribution >= 4 is 39.6 Å². The van der Waals surface area contributed by atoms with Crippen LogP contribution in [-0.2, 0) is 11.3 Å². The van der Waals surface area contributed by atoms with E-state index in [0.717, 1.165) is 26.7 Å². The minimum absolute atomic E-state index is 0.0329. The number of imide groups is 1. The number of carboxylic acid groups (broad SMARTS) is 1. The van der Waals surface area contributed by atoms with Gasteiger partial charge in [0.2, 0.25) is 0 Å². The molecule has 1 aromatic heterocycles. The molecule has 1 N–H and O–H groups in total. The molecule has 0 saturated carbocycles. The predicted octanol–water partition coefficient (Wildman–Crippen LogP) is 3.54. The molecular weight excluding hydrogens is 368 g/mol. The highest BCUT2D eigenvalue weighted by molar-refractivity contribution is 6.22. The van der Waals surface area contributed by atoms with Crippen LogP contribution in [0.25, 0.3) is 21.8 Å². The van der Waals surface area contributed by atoms with Crippen LogP contribution in [0, 0.1) is 0 Å². The molecule has 6 nitrogen and oxygen atoms in total. The smallest absolute Gasteiger partial charge is 0.328 e. The molecule has 0 saturated heterocycles. The largest absolute Gasteiger partial charge is 0.480 e. The molecule has 0 aliphatic carbocycles. The Bertz CT molecular complexity index is 1230. The summed E-state index contributed by atoms with van der Waals surface area (Å²) in [4.78, 5) is 38.7. The second kappa shape index (κ2) is 6.31. The van der Waals surface area contributed by atoms with Crippen LogP contribution in [0.1, 0.15) is 20.7 Å². The number of hydrogen-bond acceptors (Lipinski definition) is 3. The van der Waals surface area contributed by atoms with Crippen LogP contribution in [-0.4, -0.2) is 38.4 Å². The lowest BCUT2D eigenvalue weighted by molar-refractivity contribution is -0.142. The number of hydrogen-bond donors (Lipinski definition) is 1. The van der Waals surface area contributed by atoms with E-state index in [4.69, 9.17) is 0 Å². The number of benzene rings is 3. The van der Waals surface area contributed by atoms with Crippen molar-refractivity contribution in [1.82, 2.24) is 9.47 Å². The van der Waals surface area contributed by atoms with E-state index in [2.05, 4.69) is 0 Å². The number of amides is 2. The first-order valence-corrected chi connectivity index (χ1v) is 9.23. The van der Waals surface area contributed by atoms with Gasteiger partial charge in [0.05, 0.1) is 17.7 Å². The van der Waals surface area contributed by atoms with Gasteiger partial charge < -0.3 is 9.67 Å². The molecule has 0 radical (unpaired) electrons. The van der Waals surface area contributed by atoms with Gasteiger partial charge in [-0.25, -0.2) is 4.79 Å². The minimum atomic E-state index is -1.32. The second-order valence-corrected chi connectivity index (χ2v) is 7.02. The third kappa shape index (κ3) is 2.46. The van der Waals surface area contributed by atoms with E-state index in [1.807, 2.05) is 53.1 Å². The summed E-state index contributed by atoms with van der Waals surface area (Å²) in [7, 11) is 0. The molecule has 2 heterocycles. The third-order valence-electron chi connectivity index (χ3n) is 5.46. The van der Waals surface area contributed by atoms with E-state index in [9.17, 15) is 19.5 Å². The minimum Gasteiger partial charge on any atom is -0.480 e. The molecule has 2 amide bonds. The number of nitrogens with zero attached hydrogens (tertiary/aromatic N) is 2. The standard InChI is InChI=1S/C23H16N2O4/c26-21-16-9-1-2-10-17(16)22(27)25(21)20(23(28)29)13-24-18-11-5-3-7-14(18)15-8-4-6-12-19(15)24/h1-12,20H,13H2,(H,28,29). The van der Waals surface area contributed by atoms with Crippen molar-refractivity contribution in [2.75, 3.05) is 0 Å². The molecule has 3 aromatic carbocycles. The zero-order chi connectivity index (χ0) is 20.1. The van der Waals surface area contributed by atoms with Crippen LogP contribution >= 0.6 is 0 Å². The fourth-order valence-electron chi connectivity index (χ4n) is 4.13. The van der Waals surface area contributed by atoms with Crippen molar-refractivity contribution in [3.8, 4) is 0 Å². The van der Waals surface area contributed by atoms with Crippen LogP contribution in [0.2, 0.25) is 0 Å². The van der Waals surface area contributed by atoms with Crippen molar-refractivity contribution in [3.63, 3.8) is 0 Å². The van der Waals surface area contributed by atoms with E-state index in [0.29, 0.717) is 0 Å². The highest BCUT2D eigenvalue weighted by Gasteiger charge is 2.43. The average Bonchev–Trinajstić information content (AvgIpc) is 3.19. The molecule has 1 atom stereocenters. The van der Waals surface area contributed by atoms with E-state index < -0.39 is 23.8 Å². The van der Waals surface area contributed by atoms with Crippen molar-refractivity contribution in [3.05, 3.63) is 83.9 Å². The molecule has 1 unspecified atom stereocenters. The maximum absolute atomic E-state index is 12.8. The number of rotatable bonds is 4. The summed E-state index contributed by atoms with van der Waals surface area (Å²) in [5.74, 6) is -2.36. The van der Waals surface area contributed by atoms with Gasteiger partial charge in [0.15, 0.2) is 6.04 Å². The number of fused-ring (bicyclic) bond motifs is 4. The topological polar surface area (TPSA) is 79.6 Å². The molecule has 1 aliphatic rings. The van der Waals surface area contributed by atoms with Gasteiger partial charge in [-0.05, 0) is 24.3 Å². The molecule has 0 fully saturated rings. The lowest BCUT2D eigenvalue weighted by atomic mass is 10.1. The Hall–Kier alpha value is -3.93. The highest BCUT2D eigenvalue weighted by atomic mass is 16.4. The molecule has 0 bridgehead atoms. The lowest BCUT2D eigenvalue weighted by Gasteiger charge is -2.23. The van der Waals surface area contributed by atoms with E-state index in [1.165, 1.54) is 0 Å². The van der Waals surface area contributed by atoms with Crippen molar-refractivity contribution in [1.29, 1.82) is 0 Å². The van der Waals surface area contributed by atoms with Crippen LogP contribution in [0.3, 0.4) is 0 Å². The van der Waals surface area contributed by atoms with E-state index in [-0.39, 0.29) is 17.7 Å². The fourth-order valence-corrected chi connectivity index (χ4v) is 4.13. The van der Waals surface area contributed by atoms with Gasteiger partial charge in [0.25, 0.3) is 11.8 Å². The van der Waals surface area contributed by atoms with E-state index in [1.54, 1.807) is 24.3 Å². The highest BCUT2D eigenvalue weighted by Crippen LogP contribution is 2.31. The maximum Gasteiger partial charge on any atom is 0.328 e. The Balaban J connectivity index is 1.64. The van der Waals surface area contributed by atoms with Gasteiger partial charge in [-0.2, -0.15) is 0 Å². The van der Waals surface area contributed by atoms with Crippen LogP contribution in [0.5, 0.6) is 0 Å². The number of carbonyl (C=O) groups is 3. The normalized spacial score (nSPS) is 14.6. The molecule has 5 rings (SSSR count). The zero-order valence-corrected chi connectivity index (χ0v) is 15.3. The maximum atomic E-state index is 12.8.